The number of hydrogen-bond acceptors (Lipinski definition) is 3. The van der Waals surface area contributed by atoms with Crippen LogP contribution >= 0.6 is 11.3 Å². The van der Waals surface area contributed by atoms with Crippen LogP contribution in [0.3, 0.4) is 0 Å². The Balaban J connectivity index is 2.16. The summed E-state index contributed by atoms with van der Waals surface area (Å²) in [5, 5.41) is 9.32. The monoisotopic (exact) mass is 352 g/mol. The lowest BCUT2D eigenvalue weighted by molar-refractivity contribution is -0.142. The van der Waals surface area contributed by atoms with Gasteiger partial charge in [0.15, 0.2) is 0 Å². The van der Waals surface area contributed by atoms with E-state index in [1.165, 1.54) is 13.1 Å². The molecule has 0 bridgehead atoms. The smallest absolute Gasteiger partial charge is 0.431 e. The second-order valence-corrected chi connectivity index (χ2v) is 6.06. The van der Waals surface area contributed by atoms with Crippen LogP contribution < -0.4 is 0 Å². The summed E-state index contributed by atoms with van der Waals surface area (Å²) in [6, 6.07) is 9.11. The van der Waals surface area contributed by atoms with Crippen LogP contribution in [0.4, 0.5) is 13.2 Å². The van der Waals surface area contributed by atoms with E-state index in [0.717, 1.165) is 22.0 Å². The van der Waals surface area contributed by atoms with Crippen LogP contribution in [0.25, 0.3) is 16.3 Å². The predicted molar refractivity (Wildman–Crippen MR) is 83.6 cm³/mol. The van der Waals surface area contributed by atoms with Gasteiger partial charge >= 0.3 is 12.1 Å². The van der Waals surface area contributed by atoms with Crippen LogP contribution in [0.15, 0.2) is 42.6 Å². The van der Waals surface area contributed by atoms with Gasteiger partial charge in [-0.2, -0.15) is 13.2 Å². The van der Waals surface area contributed by atoms with E-state index in [1.807, 2.05) is 0 Å². The highest BCUT2D eigenvalue weighted by Crippen LogP contribution is 2.37. The summed E-state index contributed by atoms with van der Waals surface area (Å²) < 4.78 is 41.1. The number of alkyl halides is 3. The number of halogens is 3. The van der Waals surface area contributed by atoms with Crippen LogP contribution in [0.2, 0.25) is 0 Å². The molecule has 2 aromatic heterocycles. The van der Waals surface area contributed by atoms with E-state index < -0.39 is 17.8 Å². The molecule has 0 unspecified atom stereocenters. The van der Waals surface area contributed by atoms with Crippen LogP contribution in [-0.2, 0) is 6.18 Å². The highest BCUT2D eigenvalue weighted by atomic mass is 32.1. The first-order chi connectivity index (χ1) is 11.3. The third-order valence-corrected chi connectivity index (χ3v) is 4.58. The first-order valence-corrected chi connectivity index (χ1v) is 7.65. The summed E-state index contributed by atoms with van der Waals surface area (Å²) in [7, 11) is 0. The van der Waals surface area contributed by atoms with Crippen molar-refractivity contribution in [1.82, 2.24) is 9.55 Å². The number of aromatic carboxylic acids is 1. The molecule has 3 rings (SSSR count). The predicted octanol–water partition coefficient (Wildman–Crippen LogP) is 4.63. The minimum atomic E-state index is -4.55. The largest absolute Gasteiger partial charge is 0.477 e. The lowest BCUT2D eigenvalue weighted by Gasteiger charge is -2.11. The lowest BCUT2D eigenvalue weighted by atomic mass is 10.3. The van der Waals surface area contributed by atoms with E-state index in [9.17, 15) is 18.0 Å². The maximum Gasteiger partial charge on any atom is 0.431 e. The number of thiazole rings is 1. The molecule has 1 aromatic carbocycles. The summed E-state index contributed by atoms with van der Waals surface area (Å²) in [6.07, 6.45) is -3.22. The third kappa shape index (κ3) is 2.92. The molecule has 0 radical (unpaired) electrons. The van der Waals surface area contributed by atoms with Gasteiger partial charge < -0.3 is 9.67 Å². The first kappa shape index (κ1) is 16.3. The molecule has 0 aliphatic heterocycles. The highest BCUT2D eigenvalue weighted by molar-refractivity contribution is 7.17. The summed E-state index contributed by atoms with van der Waals surface area (Å²) in [6.45, 7) is 1.52. The molecule has 1 N–H and O–H groups in total. The Labute approximate surface area is 138 Å². The first-order valence-electron chi connectivity index (χ1n) is 6.83. The van der Waals surface area contributed by atoms with Gasteiger partial charge in [-0.15, -0.1) is 11.3 Å². The second kappa shape index (κ2) is 5.79. The van der Waals surface area contributed by atoms with Crippen molar-refractivity contribution in [2.75, 3.05) is 0 Å². The van der Waals surface area contributed by atoms with Crippen LogP contribution in [0, 0.1) is 6.92 Å². The van der Waals surface area contributed by atoms with Gasteiger partial charge in [-0.1, -0.05) is 18.2 Å². The molecule has 4 nitrogen and oxygen atoms in total. The molecule has 0 aliphatic rings. The maximum atomic E-state index is 13.3. The molecule has 3 aromatic rings. The van der Waals surface area contributed by atoms with Gasteiger partial charge in [-0.05, 0) is 25.1 Å². The van der Waals surface area contributed by atoms with Gasteiger partial charge in [0.1, 0.15) is 15.6 Å². The number of aryl methyl sites for hydroxylation is 1. The quantitative estimate of drug-likeness (QED) is 0.748. The zero-order chi connectivity index (χ0) is 17.5. The SMILES string of the molecule is Cc1nc(-c2cc(C(F)(F)F)n(-c3ccccc3)c2)sc1C(=O)O. The molecule has 0 fully saturated rings. The Bertz CT molecular complexity index is 898. The van der Waals surface area contributed by atoms with E-state index in [0.29, 0.717) is 5.69 Å². The Morgan fingerprint density at radius 2 is 1.92 bits per heavy atom. The molecular weight excluding hydrogens is 341 g/mol. The fourth-order valence-corrected chi connectivity index (χ4v) is 3.20. The van der Waals surface area contributed by atoms with Crippen molar-refractivity contribution in [1.29, 1.82) is 0 Å². The normalized spacial score (nSPS) is 11.7. The van der Waals surface area contributed by atoms with Crippen molar-refractivity contribution < 1.29 is 23.1 Å². The van der Waals surface area contributed by atoms with E-state index in [2.05, 4.69) is 4.98 Å². The fraction of sp³-hybridized carbons (Fsp3) is 0.125. The summed E-state index contributed by atoms with van der Waals surface area (Å²) >= 11 is 0.857. The van der Waals surface area contributed by atoms with Crippen molar-refractivity contribution in [3.05, 3.63) is 58.9 Å². The average molecular weight is 352 g/mol. The second-order valence-electron chi connectivity index (χ2n) is 5.06. The fourth-order valence-electron chi connectivity index (χ4n) is 2.32. The zero-order valence-corrected chi connectivity index (χ0v) is 13.1. The van der Waals surface area contributed by atoms with Gasteiger partial charge in [0.25, 0.3) is 0 Å². The molecule has 124 valence electrons. The van der Waals surface area contributed by atoms with Gasteiger partial charge in [0.05, 0.1) is 5.69 Å². The van der Waals surface area contributed by atoms with E-state index in [4.69, 9.17) is 5.11 Å². The van der Waals surface area contributed by atoms with Crippen molar-refractivity contribution in [3.8, 4) is 16.3 Å². The number of rotatable bonds is 3. The van der Waals surface area contributed by atoms with Crippen molar-refractivity contribution in [2.24, 2.45) is 0 Å². The van der Waals surface area contributed by atoms with E-state index in [1.54, 1.807) is 30.3 Å². The standard InChI is InChI=1S/C16H11F3N2O2S/c1-9-13(15(22)23)24-14(20-9)10-7-12(16(17,18)19)21(8-10)11-5-3-2-4-6-11/h2-8H,1H3,(H,22,23). The molecule has 0 saturated carbocycles. The molecule has 0 amide bonds. The minimum Gasteiger partial charge on any atom is -0.477 e. The molecule has 0 atom stereocenters. The molecule has 0 spiro atoms. The molecular formula is C16H11F3N2O2S. The summed E-state index contributed by atoms with van der Waals surface area (Å²) in [4.78, 5) is 15.2. The number of aromatic nitrogens is 2. The van der Waals surface area contributed by atoms with Crippen LogP contribution in [0.1, 0.15) is 21.1 Å². The van der Waals surface area contributed by atoms with Crippen molar-refractivity contribution >= 4 is 17.3 Å². The Morgan fingerprint density at radius 1 is 1.25 bits per heavy atom. The number of benzene rings is 1. The summed E-state index contributed by atoms with van der Waals surface area (Å²) in [5.74, 6) is -1.14. The number of para-hydroxylation sites is 1. The summed E-state index contributed by atoms with van der Waals surface area (Å²) in [5.41, 5.74) is 0.0338. The molecule has 0 saturated heterocycles. The number of carboxylic acids is 1. The Hall–Kier alpha value is -2.61. The zero-order valence-electron chi connectivity index (χ0n) is 12.3. The average Bonchev–Trinajstić information content (AvgIpc) is 3.11. The minimum absolute atomic E-state index is 0.0195. The Kier molecular flexibility index (Phi) is 3.92. The third-order valence-electron chi connectivity index (χ3n) is 3.38. The van der Waals surface area contributed by atoms with E-state index >= 15 is 0 Å². The topological polar surface area (TPSA) is 55.1 Å². The van der Waals surface area contributed by atoms with Crippen molar-refractivity contribution in [3.63, 3.8) is 0 Å². The van der Waals surface area contributed by atoms with Crippen molar-refractivity contribution in [2.45, 2.75) is 13.1 Å². The molecule has 2 heterocycles. The lowest BCUT2D eigenvalue weighted by Crippen LogP contribution is -2.11. The molecule has 0 aliphatic carbocycles. The number of carboxylic acid groups (broad SMARTS) is 1. The van der Waals surface area contributed by atoms with Gasteiger partial charge in [-0.25, -0.2) is 9.78 Å². The number of hydrogen-bond donors (Lipinski definition) is 1. The van der Waals surface area contributed by atoms with Gasteiger partial charge in [-0.3, -0.25) is 0 Å². The van der Waals surface area contributed by atoms with Gasteiger partial charge in [0, 0.05) is 17.4 Å². The maximum absolute atomic E-state index is 13.3. The highest BCUT2D eigenvalue weighted by Gasteiger charge is 2.35. The van der Waals surface area contributed by atoms with E-state index in [-0.39, 0.29) is 21.1 Å². The molecule has 8 heteroatoms. The van der Waals surface area contributed by atoms with Crippen LogP contribution in [0.5, 0.6) is 0 Å². The number of carbonyl (C=O) groups is 1. The van der Waals surface area contributed by atoms with Crippen LogP contribution in [-0.4, -0.2) is 20.6 Å². The molecule has 24 heavy (non-hydrogen) atoms. The Morgan fingerprint density at radius 3 is 2.46 bits per heavy atom. The van der Waals surface area contributed by atoms with Gasteiger partial charge in [0.2, 0.25) is 0 Å². The number of nitrogens with zero attached hydrogens (tertiary/aromatic N) is 2.